The van der Waals surface area contributed by atoms with E-state index >= 15 is 0 Å². The number of nitrogens with one attached hydrogen (secondary N) is 1. The summed E-state index contributed by atoms with van der Waals surface area (Å²) in [6.07, 6.45) is 1.09. The highest BCUT2D eigenvalue weighted by molar-refractivity contribution is 5.32. The normalized spacial score (nSPS) is 19.1. The summed E-state index contributed by atoms with van der Waals surface area (Å²) in [5, 5.41) is 16.1. The van der Waals surface area contributed by atoms with Crippen molar-refractivity contribution in [3.63, 3.8) is 0 Å². The van der Waals surface area contributed by atoms with Crippen LogP contribution in [0.4, 0.5) is 0 Å². The first-order valence-electron chi connectivity index (χ1n) is 6.85. The molecule has 20 heavy (non-hydrogen) atoms. The molecule has 2 aromatic rings. The molecule has 0 saturated carbocycles. The maximum Gasteiger partial charge on any atom is 0.155 e. The summed E-state index contributed by atoms with van der Waals surface area (Å²) in [6.45, 7) is 4.84. The first-order valence-corrected chi connectivity index (χ1v) is 6.85. The molecule has 102 valence electrons. The summed E-state index contributed by atoms with van der Waals surface area (Å²) in [6, 6.07) is 10.0. The van der Waals surface area contributed by atoms with E-state index in [0.29, 0.717) is 5.92 Å². The fraction of sp³-hybridized carbons (Fsp3) is 0.400. The van der Waals surface area contributed by atoms with Gasteiger partial charge in [0, 0.05) is 19.0 Å². The Morgan fingerprint density at radius 2 is 2.40 bits per heavy atom. The number of aryl methyl sites for hydroxylation is 1. The molecule has 1 aromatic carbocycles. The van der Waals surface area contributed by atoms with Gasteiger partial charge in [0.15, 0.2) is 5.82 Å². The van der Waals surface area contributed by atoms with Crippen molar-refractivity contribution in [1.29, 1.82) is 5.26 Å². The second kappa shape index (κ2) is 5.43. The second-order valence-electron chi connectivity index (χ2n) is 5.31. The Labute approximate surface area is 118 Å². The molecule has 1 saturated heterocycles. The summed E-state index contributed by atoms with van der Waals surface area (Å²) in [7, 11) is 0. The lowest BCUT2D eigenvalue weighted by Gasteiger charge is -2.15. The van der Waals surface area contributed by atoms with Gasteiger partial charge in [0.2, 0.25) is 0 Å². The average Bonchev–Trinajstić information content (AvgIpc) is 3.08. The Hall–Kier alpha value is -2.19. The minimum absolute atomic E-state index is 0.416. The molecular formula is C15H17N5. The van der Waals surface area contributed by atoms with Crippen molar-refractivity contribution < 1.29 is 0 Å². The van der Waals surface area contributed by atoms with E-state index in [0.717, 1.165) is 43.3 Å². The minimum Gasteiger partial charge on any atom is -0.298 e. The number of hydrogen-bond acceptors (Lipinski definition) is 4. The Morgan fingerprint density at radius 3 is 3.15 bits per heavy atom. The van der Waals surface area contributed by atoms with Gasteiger partial charge in [-0.3, -0.25) is 10.00 Å². The average molecular weight is 267 g/mol. The van der Waals surface area contributed by atoms with Crippen LogP contribution in [-0.4, -0.2) is 33.2 Å². The molecule has 3 rings (SSSR count). The number of aromatic nitrogens is 3. The fourth-order valence-electron chi connectivity index (χ4n) is 2.73. The monoisotopic (exact) mass is 267 g/mol. The number of rotatable bonds is 3. The molecule has 1 fully saturated rings. The standard InChI is InChI=1S/C15H17N5/c1-11-17-15(19-18-11)14-5-6-20(10-14)9-13-4-2-3-12(7-13)8-16/h2-4,7,14H,5-6,9-10H2,1H3,(H,17,18,19). The van der Waals surface area contributed by atoms with Crippen molar-refractivity contribution in [2.24, 2.45) is 0 Å². The van der Waals surface area contributed by atoms with Crippen LogP contribution in [0.3, 0.4) is 0 Å². The van der Waals surface area contributed by atoms with E-state index in [9.17, 15) is 0 Å². The Bertz CT molecular complexity index is 640. The number of H-pyrrole nitrogens is 1. The number of nitriles is 1. The molecule has 0 spiro atoms. The first kappa shape index (κ1) is 12.8. The quantitative estimate of drug-likeness (QED) is 0.923. The zero-order valence-electron chi connectivity index (χ0n) is 11.5. The van der Waals surface area contributed by atoms with E-state index in [1.807, 2.05) is 25.1 Å². The molecule has 0 aliphatic carbocycles. The van der Waals surface area contributed by atoms with E-state index in [2.05, 4.69) is 32.2 Å². The summed E-state index contributed by atoms with van der Waals surface area (Å²) in [5.74, 6) is 2.22. The van der Waals surface area contributed by atoms with Crippen LogP contribution in [-0.2, 0) is 6.54 Å². The molecular weight excluding hydrogens is 250 g/mol. The van der Waals surface area contributed by atoms with Crippen molar-refractivity contribution in [3.8, 4) is 6.07 Å². The molecule has 1 N–H and O–H groups in total. The van der Waals surface area contributed by atoms with Crippen molar-refractivity contribution >= 4 is 0 Å². The number of hydrogen-bond donors (Lipinski definition) is 1. The fourth-order valence-corrected chi connectivity index (χ4v) is 2.73. The maximum absolute atomic E-state index is 8.93. The highest BCUT2D eigenvalue weighted by Gasteiger charge is 2.26. The minimum atomic E-state index is 0.416. The molecule has 5 nitrogen and oxygen atoms in total. The van der Waals surface area contributed by atoms with Crippen molar-refractivity contribution in [3.05, 3.63) is 47.0 Å². The topological polar surface area (TPSA) is 68.6 Å². The zero-order valence-corrected chi connectivity index (χ0v) is 11.5. The van der Waals surface area contributed by atoms with Gasteiger partial charge in [-0.05, 0) is 37.6 Å². The van der Waals surface area contributed by atoms with Gasteiger partial charge < -0.3 is 0 Å². The van der Waals surface area contributed by atoms with Crippen molar-refractivity contribution in [2.75, 3.05) is 13.1 Å². The lowest BCUT2D eigenvalue weighted by atomic mass is 10.1. The lowest BCUT2D eigenvalue weighted by molar-refractivity contribution is 0.326. The molecule has 0 amide bonds. The molecule has 1 unspecified atom stereocenters. The molecule has 5 heteroatoms. The summed E-state index contributed by atoms with van der Waals surface area (Å²) in [5.41, 5.74) is 1.92. The zero-order chi connectivity index (χ0) is 13.9. The van der Waals surface area contributed by atoms with Crippen LogP contribution < -0.4 is 0 Å². The molecule has 0 radical (unpaired) electrons. The van der Waals surface area contributed by atoms with E-state index in [1.54, 1.807) is 0 Å². The molecule has 1 atom stereocenters. The molecule has 1 aromatic heterocycles. The largest absolute Gasteiger partial charge is 0.298 e. The van der Waals surface area contributed by atoms with E-state index in [1.165, 1.54) is 5.56 Å². The first-order chi connectivity index (χ1) is 9.74. The van der Waals surface area contributed by atoms with Gasteiger partial charge in [-0.25, -0.2) is 4.98 Å². The van der Waals surface area contributed by atoms with Crippen LogP contribution in [0.5, 0.6) is 0 Å². The lowest BCUT2D eigenvalue weighted by Crippen LogP contribution is -2.20. The molecule has 1 aliphatic rings. The number of likely N-dealkylation sites (tertiary alicyclic amines) is 1. The van der Waals surface area contributed by atoms with Crippen LogP contribution in [0.25, 0.3) is 0 Å². The predicted molar refractivity (Wildman–Crippen MR) is 74.9 cm³/mol. The van der Waals surface area contributed by atoms with Gasteiger partial charge >= 0.3 is 0 Å². The second-order valence-corrected chi connectivity index (χ2v) is 5.31. The van der Waals surface area contributed by atoms with E-state index in [4.69, 9.17) is 5.26 Å². The van der Waals surface area contributed by atoms with Crippen LogP contribution in [0, 0.1) is 18.3 Å². The smallest absolute Gasteiger partial charge is 0.155 e. The van der Waals surface area contributed by atoms with Crippen LogP contribution in [0.2, 0.25) is 0 Å². The van der Waals surface area contributed by atoms with Crippen LogP contribution in [0.15, 0.2) is 24.3 Å². The van der Waals surface area contributed by atoms with Gasteiger partial charge in [0.1, 0.15) is 5.82 Å². The van der Waals surface area contributed by atoms with Crippen LogP contribution in [0.1, 0.15) is 35.1 Å². The van der Waals surface area contributed by atoms with Crippen LogP contribution >= 0.6 is 0 Å². The predicted octanol–water partition coefficient (Wildman–Crippen LogP) is 1.97. The SMILES string of the molecule is Cc1nc(C2CCN(Cc3cccc(C#N)c3)C2)n[nH]1. The van der Waals surface area contributed by atoms with E-state index < -0.39 is 0 Å². The highest BCUT2D eigenvalue weighted by atomic mass is 15.2. The van der Waals surface area contributed by atoms with Crippen molar-refractivity contribution in [1.82, 2.24) is 20.1 Å². The maximum atomic E-state index is 8.93. The van der Waals surface area contributed by atoms with Gasteiger partial charge in [-0.15, -0.1) is 0 Å². The summed E-state index contributed by atoms with van der Waals surface area (Å²) in [4.78, 5) is 6.82. The van der Waals surface area contributed by atoms with Crippen molar-refractivity contribution in [2.45, 2.75) is 25.8 Å². The van der Waals surface area contributed by atoms with E-state index in [-0.39, 0.29) is 0 Å². The highest BCUT2D eigenvalue weighted by Crippen LogP contribution is 2.25. The molecule has 0 bridgehead atoms. The molecule has 1 aliphatic heterocycles. The number of nitrogens with zero attached hydrogens (tertiary/aromatic N) is 4. The Kier molecular flexibility index (Phi) is 3.48. The number of aromatic amines is 1. The summed E-state index contributed by atoms with van der Waals surface area (Å²) >= 11 is 0. The van der Waals surface area contributed by atoms with Gasteiger partial charge in [0.05, 0.1) is 11.6 Å². The Balaban J connectivity index is 1.64. The third kappa shape index (κ3) is 2.70. The summed E-state index contributed by atoms with van der Waals surface area (Å²) < 4.78 is 0. The number of benzene rings is 1. The third-order valence-corrected chi connectivity index (χ3v) is 3.71. The van der Waals surface area contributed by atoms with Gasteiger partial charge in [0.25, 0.3) is 0 Å². The third-order valence-electron chi connectivity index (χ3n) is 3.71. The van der Waals surface area contributed by atoms with Gasteiger partial charge in [-0.2, -0.15) is 10.4 Å². The Morgan fingerprint density at radius 1 is 1.50 bits per heavy atom. The molecule has 2 heterocycles. The van der Waals surface area contributed by atoms with Gasteiger partial charge in [-0.1, -0.05) is 12.1 Å².